The second kappa shape index (κ2) is 6.54. The molecule has 0 spiro atoms. The summed E-state index contributed by atoms with van der Waals surface area (Å²) in [7, 11) is -5.70. The Balaban J connectivity index is 2.48. The van der Waals surface area contributed by atoms with Crippen LogP contribution in [0.25, 0.3) is 0 Å². The van der Waals surface area contributed by atoms with Crippen LogP contribution in [0, 0.1) is 13.8 Å². The fourth-order valence-corrected chi connectivity index (χ4v) is 4.36. The molecule has 0 aliphatic rings. The summed E-state index contributed by atoms with van der Waals surface area (Å²) in [6.45, 7) is 3.64. The van der Waals surface area contributed by atoms with Crippen molar-refractivity contribution >= 4 is 21.3 Å². The lowest BCUT2D eigenvalue weighted by Crippen LogP contribution is -2.28. The lowest BCUT2D eigenvalue weighted by atomic mass is 10.2. The van der Waals surface area contributed by atoms with Crippen molar-refractivity contribution < 1.29 is 25.2 Å². The minimum absolute atomic E-state index is 0.354. The Morgan fingerprint density at radius 2 is 1.17 bits per heavy atom. The van der Waals surface area contributed by atoms with Gasteiger partial charge in [-0.05, 0) is 41.7 Å². The summed E-state index contributed by atoms with van der Waals surface area (Å²) in [5.74, 6) is 0. The van der Waals surface area contributed by atoms with Crippen LogP contribution in [0.1, 0.15) is 11.1 Å². The first-order chi connectivity index (χ1) is 10.6. The first kappa shape index (κ1) is 17.8. The maximum atomic E-state index is 12.6. The van der Waals surface area contributed by atoms with Crippen LogP contribution in [-0.2, 0) is 24.9 Å². The van der Waals surface area contributed by atoms with Gasteiger partial charge in [-0.25, -0.2) is 0 Å². The standard InChI is InChI=1S/C15H14F3O3S2/c1-11-3-7-13(8-4-11)22(14-9-5-12(2)6-10-14)21-23(19,20)15(16,17)18/h3-10H,1-2H3/q+1/i21+2. The van der Waals surface area contributed by atoms with Gasteiger partial charge in [-0.2, -0.15) is 21.6 Å². The van der Waals surface area contributed by atoms with Crippen molar-refractivity contribution in [1.82, 2.24) is 0 Å². The third kappa shape index (κ3) is 4.27. The van der Waals surface area contributed by atoms with E-state index in [0.29, 0.717) is 9.79 Å². The van der Waals surface area contributed by atoms with E-state index in [2.05, 4.69) is 3.63 Å². The third-order valence-corrected chi connectivity index (χ3v) is 6.14. The molecule has 124 valence electrons. The second-order valence-electron chi connectivity index (χ2n) is 4.86. The van der Waals surface area contributed by atoms with Crippen LogP contribution in [0.15, 0.2) is 58.3 Å². The third-order valence-electron chi connectivity index (χ3n) is 2.91. The monoisotopic (exact) mass is 365 g/mol. The van der Waals surface area contributed by atoms with Crippen LogP contribution in [-0.4, -0.2) is 13.9 Å². The summed E-state index contributed by atoms with van der Waals surface area (Å²) in [6.07, 6.45) is 0. The molecule has 23 heavy (non-hydrogen) atoms. The van der Waals surface area contributed by atoms with E-state index in [1.807, 2.05) is 13.8 Å². The van der Waals surface area contributed by atoms with Crippen molar-refractivity contribution in [2.45, 2.75) is 29.1 Å². The van der Waals surface area contributed by atoms with E-state index in [0.717, 1.165) is 11.1 Å². The van der Waals surface area contributed by atoms with Crippen molar-refractivity contribution in [3.05, 3.63) is 59.7 Å². The quantitative estimate of drug-likeness (QED) is 0.465. The maximum absolute atomic E-state index is 12.6. The van der Waals surface area contributed by atoms with Crippen LogP contribution in [0.3, 0.4) is 0 Å². The average Bonchev–Trinajstić information content (AvgIpc) is 2.46. The highest BCUT2D eigenvalue weighted by molar-refractivity contribution is 8.03. The molecular weight excluding hydrogens is 351 g/mol. The molecule has 0 radical (unpaired) electrons. The van der Waals surface area contributed by atoms with Gasteiger partial charge in [0.1, 0.15) is 0 Å². The van der Waals surface area contributed by atoms with Crippen molar-refractivity contribution in [2.75, 3.05) is 0 Å². The van der Waals surface area contributed by atoms with Gasteiger partial charge < -0.3 is 0 Å². The predicted molar refractivity (Wildman–Crippen MR) is 82.3 cm³/mol. The summed E-state index contributed by atoms with van der Waals surface area (Å²) < 4.78 is 65.3. The van der Waals surface area contributed by atoms with Gasteiger partial charge in [-0.15, -0.1) is 0 Å². The molecule has 0 fully saturated rings. The molecule has 3 nitrogen and oxygen atoms in total. The van der Waals surface area contributed by atoms with Crippen LogP contribution in [0.5, 0.6) is 0 Å². The van der Waals surface area contributed by atoms with Crippen LogP contribution < -0.4 is 0 Å². The second-order valence-corrected chi connectivity index (χ2v) is 8.26. The van der Waals surface area contributed by atoms with E-state index in [1.165, 1.54) is 0 Å². The van der Waals surface area contributed by atoms with Crippen LogP contribution in [0.2, 0.25) is 0 Å². The van der Waals surface area contributed by atoms with Gasteiger partial charge in [-0.1, -0.05) is 35.4 Å². The highest BCUT2D eigenvalue weighted by Gasteiger charge is 2.53. The topological polar surface area (TPSA) is 43.4 Å². The van der Waals surface area contributed by atoms with Crippen molar-refractivity contribution in [1.29, 1.82) is 0 Å². The van der Waals surface area contributed by atoms with Crippen molar-refractivity contribution in [3.8, 4) is 0 Å². The minimum atomic E-state index is -5.70. The van der Waals surface area contributed by atoms with Crippen LogP contribution in [0.4, 0.5) is 13.2 Å². The number of hydrogen-bond donors (Lipinski definition) is 0. The first-order valence-corrected chi connectivity index (χ1v) is 9.05. The van der Waals surface area contributed by atoms with Gasteiger partial charge in [0.05, 0.1) is 0 Å². The van der Waals surface area contributed by atoms with Gasteiger partial charge in [-0.3, -0.25) is 0 Å². The molecular formula is C15H14F3O3S2+. The first-order valence-electron chi connectivity index (χ1n) is 6.49. The molecule has 0 aliphatic heterocycles. The molecule has 8 heteroatoms. The zero-order chi connectivity index (χ0) is 17.3. The summed E-state index contributed by atoms with van der Waals surface area (Å²) in [4.78, 5) is 0.708. The Bertz CT molecular complexity index is 722. The number of halogens is 3. The Hall–Kier alpha value is -1.51. The van der Waals surface area contributed by atoms with E-state index in [4.69, 9.17) is 0 Å². The highest BCUT2D eigenvalue weighted by atomic mass is 32.3. The molecule has 0 saturated carbocycles. The van der Waals surface area contributed by atoms with Gasteiger partial charge in [0, 0.05) is 0 Å². The molecule has 2 aromatic carbocycles. The van der Waals surface area contributed by atoms with Crippen molar-refractivity contribution in [3.63, 3.8) is 0 Å². The Kier molecular flexibility index (Phi) is 5.07. The molecule has 0 saturated heterocycles. The van der Waals surface area contributed by atoms with E-state index < -0.39 is 26.8 Å². The number of alkyl halides is 3. The maximum Gasteiger partial charge on any atom is 0.527 e. The highest BCUT2D eigenvalue weighted by Crippen LogP contribution is 2.33. The zero-order valence-corrected chi connectivity index (χ0v) is 13.9. The largest absolute Gasteiger partial charge is 0.527 e. The average molecular weight is 365 g/mol. The molecule has 0 heterocycles. The Morgan fingerprint density at radius 1 is 0.826 bits per heavy atom. The number of benzene rings is 2. The van der Waals surface area contributed by atoms with Gasteiger partial charge in [0.2, 0.25) is 11.2 Å². The lowest BCUT2D eigenvalue weighted by molar-refractivity contribution is -0.0495. The number of aryl methyl sites for hydroxylation is 2. The van der Waals surface area contributed by atoms with Gasteiger partial charge >= 0.3 is 15.6 Å². The molecule has 0 N–H and O–H groups in total. The van der Waals surface area contributed by atoms with Gasteiger partial charge in [0.25, 0.3) is 0 Å². The minimum Gasteiger partial charge on any atom is -0.185 e. The number of hydrogen-bond acceptors (Lipinski definition) is 3. The Morgan fingerprint density at radius 3 is 1.48 bits per heavy atom. The molecule has 0 atom stereocenters. The fraction of sp³-hybridized carbons (Fsp3) is 0.200. The molecule has 0 aromatic heterocycles. The summed E-state index contributed by atoms with van der Waals surface area (Å²) >= 11 is -1.69. The van der Waals surface area contributed by atoms with Crippen molar-refractivity contribution in [2.24, 2.45) is 0 Å². The normalized spacial score (nSPS) is 12.6. The smallest absolute Gasteiger partial charge is 0.185 e. The van der Waals surface area contributed by atoms with E-state index in [-0.39, 0.29) is 0 Å². The molecule has 2 aromatic rings. The summed E-state index contributed by atoms with van der Waals surface area (Å²) in [6, 6.07) is 13.0. The van der Waals surface area contributed by atoms with E-state index >= 15 is 0 Å². The van der Waals surface area contributed by atoms with Crippen LogP contribution >= 0.6 is 0 Å². The predicted octanol–water partition coefficient (Wildman–Crippen LogP) is 4.12. The summed E-state index contributed by atoms with van der Waals surface area (Å²) in [5.41, 5.74) is -3.66. The number of rotatable bonds is 4. The molecule has 0 amide bonds. The van der Waals surface area contributed by atoms with Gasteiger partial charge in [0.15, 0.2) is 9.79 Å². The fourth-order valence-electron chi connectivity index (χ4n) is 1.67. The summed E-state index contributed by atoms with van der Waals surface area (Å²) in [5, 5.41) is 0. The zero-order valence-electron chi connectivity index (χ0n) is 12.3. The lowest BCUT2D eigenvalue weighted by Gasteiger charge is -2.09. The van der Waals surface area contributed by atoms with E-state index in [1.54, 1.807) is 48.5 Å². The van der Waals surface area contributed by atoms with E-state index in [9.17, 15) is 21.6 Å². The molecule has 2 rings (SSSR count). The molecule has 0 unspecified atom stereocenters. The molecule has 0 aliphatic carbocycles. The SMILES string of the molecule is Cc1ccc([S+]([18O]S(=O)(=O)C(F)(F)F)c2ccc(C)cc2)cc1. The Labute approximate surface area is 135 Å². The molecule has 0 bridgehead atoms.